The number of carbonyl (C=O) groups is 1. The third-order valence-electron chi connectivity index (χ3n) is 2.34. The Balaban J connectivity index is 2.98. The molecular formula is C12H16O. The van der Waals surface area contributed by atoms with E-state index in [9.17, 15) is 4.79 Å². The number of aldehydes is 1. The maximum absolute atomic E-state index is 10.3. The first-order chi connectivity index (χ1) is 6.15. The summed E-state index contributed by atoms with van der Waals surface area (Å²) in [6, 6.07) is 6.33. The van der Waals surface area contributed by atoms with Crippen LogP contribution in [0.25, 0.3) is 0 Å². The van der Waals surface area contributed by atoms with Gasteiger partial charge in [0.1, 0.15) is 6.29 Å². The number of hydrogen-bond acceptors (Lipinski definition) is 1. The second-order valence-electron chi connectivity index (χ2n) is 3.71. The summed E-state index contributed by atoms with van der Waals surface area (Å²) in [5.74, 6) is 0.559. The van der Waals surface area contributed by atoms with Crippen LogP contribution >= 0.6 is 0 Å². The molecule has 0 saturated carbocycles. The molecule has 0 atom stereocenters. The van der Waals surface area contributed by atoms with E-state index in [-0.39, 0.29) is 0 Å². The van der Waals surface area contributed by atoms with Crippen molar-refractivity contribution in [2.45, 2.75) is 33.1 Å². The van der Waals surface area contributed by atoms with E-state index in [0.29, 0.717) is 12.3 Å². The monoisotopic (exact) mass is 176 g/mol. The highest BCUT2D eigenvalue weighted by atomic mass is 16.1. The highest BCUT2D eigenvalue weighted by molar-refractivity contribution is 5.56. The zero-order valence-corrected chi connectivity index (χ0v) is 8.50. The van der Waals surface area contributed by atoms with Gasteiger partial charge in [0, 0.05) is 6.42 Å². The molecule has 0 unspecified atom stereocenters. The molecule has 1 aromatic carbocycles. The van der Waals surface area contributed by atoms with Gasteiger partial charge in [-0.15, -0.1) is 0 Å². The van der Waals surface area contributed by atoms with Crippen molar-refractivity contribution in [2.75, 3.05) is 0 Å². The summed E-state index contributed by atoms with van der Waals surface area (Å²) in [6.45, 7) is 6.41. The lowest BCUT2D eigenvalue weighted by molar-refractivity contribution is -0.107. The molecule has 0 spiro atoms. The van der Waals surface area contributed by atoms with E-state index >= 15 is 0 Å². The molecule has 0 radical (unpaired) electrons. The van der Waals surface area contributed by atoms with Crippen molar-refractivity contribution in [3.05, 3.63) is 34.9 Å². The molecule has 0 aliphatic heterocycles. The van der Waals surface area contributed by atoms with Crippen LogP contribution in [0, 0.1) is 6.92 Å². The van der Waals surface area contributed by atoms with Crippen molar-refractivity contribution in [3.8, 4) is 0 Å². The lowest BCUT2D eigenvalue weighted by atomic mass is 9.97. The lowest BCUT2D eigenvalue weighted by Gasteiger charge is -2.08. The Kier molecular flexibility index (Phi) is 3.24. The van der Waals surface area contributed by atoms with Crippen LogP contribution < -0.4 is 0 Å². The summed E-state index contributed by atoms with van der Waals surface area (Å²) in [5.41, 5.74) is 3.70. The highest BCUT2D eigenvalue weighted by Gasteiger charge is 2.02. The fraction of sp³-hybridized carbons (Fsp3) is 0.417. The number of carbonyl (C=O) groups excluding carboxylic acids is 1. The van der Waals surface area contributed by atoms with Gasteiger partial charge in [0.05, 0.1) is 0 Å². The molecule has 0 aliphatic rings. The molecule has 70 valence electrons. The van der Waals surface area contributed by atoms with Crippen LogP contribution in [0.1, 0.15) is 36.5 Å². The van der Waals surface area contributed by atoms with Gasteiger partial charge < -0.3 is 4.79 Å². The van der Waals surface area contributed by atoms with E-state index in [0.717, 1.165) is 11.8 Å². The zero-order chi connectivity index (χ0) is 9.84. The fourth-order valence-electron chi connectivity index (χ4n) is 1.40. The van der Waals surface area contributed by atoms with Crippen LogP contribution in [0.15, 0.2) is 18.2 Å². The molecule has 0 amide bonds. The van der Waals surface area contributed by atoms with Crippen molar-refractivity contribution < 1.29 is 4.79 Å². The van der Waals surface area contributed by atoms with Crippen molar-refractivity contribution in [1.82, 2.24) is 0 Å². The molecule has 0 aliphatic carbocycles. The van der Waals surface area contributed by atoms with E-state index in [4.69, 9.17) is 0 Å². The Morgan fingerprint density at radius 3 is 2.54 bits per heavy atom. The van der Waals surface area contributed by atoms with Gasteiger partial charge in [0.2, 0.25) is 0 Å². The van der Waals surface area contributed by atoms with Crippen molar-refractivity contribution in [2.24, 2.45) is 0 Å². The molecule has 0 saturated heterocycles. The molecule has 1 aromatic rings. The molecule has 0 heterocycles. The van der Waals surface area contributed by atoms with Crippen molar-refractivity contribution in [3.63, 3.8) is 0 Å². The van der Waals surface area contributed by atoms with Crippen LogP contribution in [0.3, 0.4) is 0 Å². The minimum Gasteiger partial charge on any atom is -0.303 e. The van der Waals surface area contributed by atoms with Crippen molar-refractivity contribution >= 4 is 6.29 Å². The predicted molar refractivity (Wildman–Crippen MR) is 55.0 cm³/mol. The first kappa shape index (κ1) is 9.97. The van der Waals surface area contributed by atoms with Gasteiger partial charge in [-0.3, -0.25) is 0 Å². The Bertz CT molecular complexity index is 300. The van der Waals surface area contributed by atoms with Crippen LogP contribution in [0.5, 0.6) is 0 Å². The predicted octanol–water partition coefficient (Wildman–Crippen LogP) is 2.86. The van der Waals surface area contributed by atoms with Crippen LogP contribution in [0.2, 0.25) is 0 Å². The summed E-state index contributed by atoms with van der Waals surface area (Å²) < 4.78 is 0. The second-order valence-corrected chi connectivity index (χ2v) is 3.71. The molecular weight excluding hydrogens is 160 g/mol. The van der Waals surface area contributed by atoms with Gasteiger partial charge in [-0.2, -0.15) is 0 Å². The second kappa shape index (κ2) is 4.22. The number of rotatable bonds is 3. The summed E-state index contributed by atoms with van der Waals surface area (Å²) in [5, 5.41) is 0. The van der Waals surface area contributed by atoms with Crippen LogP contribution in [0.4, 0.5) is 0 Å². The van der Waals surface area contributed by atoms with E-state index in [1.54, 1.807) is 0 Å². The molecule has 1 heteroatoms. The van der Waals surface area contributed by atoms with Crippen LogP contribution in [-0.4, -0.2) is 6.29 Å². The van der Waals surface area contributed by atoms with Crippen LogP contribution in [-0.2, 0) is 11.2 Å². The Hall–Kier alpha value is -1.11. The third-order valence-corrected chi connectivity index (χ3v) is 2.34. The average molecular weight is 176 g/mol. The number of aryl methyl sites for hydroxylation is 1. The Morgan fingerprint density at radius 1 is 1.38 bits per heavy atom. The minimum absolute atomic E-state index is 0.532. The van der Waals surface area contributed by atoms with Gasteiger partial charge in [-0.25, -0.2) is 0 Å². The summed E-state index contributed by atoms with van der Waals surface area (Å²) >= 11 is 0. The van der Waals surface area contributed by atoms with E-state index in [1.807, 2.05) is 0 Å². The maximum atomic E-state index is 10.3. The average Bonchev–Trinajstić information content (AvgIpc) is 2.08. The highest BCUT2D eigenvalue weighted by Crippen LogP contribution is 2.18. The molecule has 0 N–H and O–H groups in total. The van der Waals surface area contributed by atoms with Crippen molar-refractivity contribution in [1.29, 1.82) is 0 Å². The standard InChI is InChI=1S/C12H16O/c1-9(2)12-5-4-11(6-7-13)10(3)8-12/h4-5,7-9H,6H2,1-3H3. The van der Waals surface area contributed by atoms with E-state index in [2.05, 4.69) is 39.0 Å². The Morgan fingerprint density at radius 2 is 2.08 bits per heavy atom. The SMILES string of the molecule is Cc1cc(C(C)C)ccc1CC=O. The number of hydrogen-bond donors (Lipinski definition) is 0. The molecule has 0 bridgehead atoms. The van der Waals surface area contributed by atoms with Gasteiger partial charge in [0.25, 0.3) is 0 Å². The van der Waals surface area contributed by atoms with Gasteiger partial charge >= 0.3 is 0 Å². The molecule has 13 heavy (non-hydrogen) atoms. The van der Waals surface area contributed by atoms with Gasteiger partial charge in [0.15, 0.2) is 0 Å². The quantitative estimate of drug-likeness (QED) is 0.647. The molecule has 1 nitrogen and oxygen atoms in total. The van der Waals surface area contributed by atoms with Gasteiger partial charge in [-0.05, 0) is 29.5 Å². The summed E-state index contributed by atoms with van der Waals surface area (Å²) in [4.78, 5) is 10.3. The van der Waals surface area contributed by atoms with Gasteiger partial charge in [-0.1, -0.05) is 32.0 Å². The first-order valence-corrected chi connectivity index (χ1v) is 4.68. The lowest BCUT2D eigenvalue weighted by Crippen LogP contribution is -1.94. The largest absolute Gasteiger partial charge is 0.303 e. The smallest absolute Gasteiger partial charge is 0.124 e. The first-order valence-electron chi connectivity index (χ1n) is 4.68. The zero-order valence-electron chi connectivity index (χ0n) is 8.50. The number of benzene rings is 1. The molecule has 0 aromatic heterocycles. The normalized spacial score (nSPS) is 10.5. The Labute approximate surface area is 79.8 Å². The maximum Gasteiger partial charge on any atom is 0.124 e. The molecule has 1 rings (SSSR count). The third kappa shape index (κ3) is 2.41. The summed E-state index contributed by atoms with van der Waals surface area (Å²) in [7, 11) is 0. The topological polar surface area (TPSA) is 17.1 Å². The van der Waals surface area contributed by atoms with E-state index < -0.39 is 0 Å². The van der Waals surface area contributed by atoms with E-state index in [1.165, 1.54) is 11.1 Å². The summed E-state index contributed by atoms with van der Waals surface area (Å²) in [6.07, 6.45) is 1.49. The molecule has 0 fully saturated rings. The minimum atomic E-state index is 0.532. The fourth-order valence-corrected chi connectivity index (χ4v) is 1.40.